The number of carbonyl (C=O) groups is 1. The van der Waals surface area contributed by atoms with Crippen molar-refractivity contribution in [2.24, 2.45) is 0 Å². The van der Waals surface area contributed by atoms with Crippen LogP contribution in [0.3, 0.4) is 0 Å². The maximum Gasteiger partial charge on any atom is 0.237 e. The van der Waals surface area contributed by atoms with Crippen LogP contribution in [0.5, 0.6) is 0 Å². The maximum absolute atomic E-state index is 10.5. The van der Waals surface area contributed by atoms with E-state index in [0.29, 0.717) is 6.42 Å². The number of nitrogens with one attached hydrogen (secondary N) is 1. The lowest BCUT2D eigenvalue weighted by atomic mass is 10.3. The van der Waals surface area contributed by atoms with Crippen LogP contribution in [0.4, 0.5) is 0 Å². The topological polar surface area (TPSA) is 49.3 Å². The van der Waals surface area contributed by atoms with Crippen LogP contribution in [0, 0.1) is 0 Å². The summed E-state index contributed by atoms with van der Waals surface area (Å²) in [5.41, 5.74) is 0. The molecule has 0 bridgehead atoms. The average molecular weight is 152 g/mol. The Balaban J connectivity index is 3.45. The molecule has 0 aliphatic heterocycles. The Morgan fingerprint density at radius 3 is 2.78 bits per heavy atom. The number of halogens is 1. The summed E-state index contributed by atoms with van der Waals surface area (Å²) in [6.07, 6.45) is 0.307. The molecule has 0 aliphatic carbocycles. The van der Waals surface area contributed by atoms with Crippen molar-refractivity contribution >= 4 is 17.5 Å². The van der Waals surface area contributed by atoms with E-state index < -0.39 is 5.38 Å². The van der Waals surface area contributed by atoms with E-state index in [4.69, 9.17) is 16.7 Å². The second kappa shape index (κ2) is 4.58. The van der Waals surface area contributed by atoms with E-state index in [-0.39, 0.29) is 12.5 Å². The van der Waals surface area contributed by atoms with Gasteiger partial charge in [0.1, 0.15) is 5.38 Å². The fourth-order valence-electron chi connectivity index (χ4n) is 0.401. The Bertz CT molecular complexity index is 97.0. The van der Waals surface area contributed by atoms with Gasteiger partial charge in [0, 0.05) is 13.7 Å². The fourth-order valence-corrected chi connectivity index (χ4v) is 0.608. The summed E-state index contributed by atoms with van der Waals surface area (Å²) >= 11 is 5.46. The molecule has 9 heavy (non-hydrogen) atoms. The smallest absolute Gasteiger partial charge is 0.237 e. The van der Waals surface area contributed by atoms with E-state index >= 15 is 0 Å². The van der Waals surface area contributed by atoms with Gasteiger partial charge in [-0.2, -0.15) is 0 Å². The predicted molar refractivity (Wildman–Crippen MR) is 35.4 cm³/mol. The molecule has 2 N–H and O–H groups in total. The fraction of sp³-hybridized carbons (Fsp3) is 0.800. The van der Waals surface area contributed by atoms with Crippen molar-refractivity contribution in [3.8, 4) is 0 Å². The van der Waals surface area contributed by atoms with Gasteiger partial charge in [0.05, 0.1) is 0 Å². The molecule has 0 spiro atoms. The number of hydrogen-bond donors (Lipinski definition) is 2. The second-order valence-corrected chi connectivity index (χ2v) is 2.12. The third-order valence-electron chi connectivity index (χ3n) is 0.913. The highest BCUT2D eigenvalue weighted by atomic mass is 35.5. The van der Waals surface area contributed by atoms with Gasteiger partial charge in [0.15, 0.2) is 0 Å². The van der Waals surface area contributed by atoms with Gasteiger partial charge in [-0.3, -0.25) is 4.79 Å². The van der Waals surface area contributed by atoms with Crippen LogP contribution < -0.4 is 5.32 Å². The number of aliphatic hydroxyl groups excluding tert-OH is 1. The average Bonchev–Trinajstić information content (AvgIpc) is 1.87. The van der Waals surface area contributed by atoms with Crippen LogP contribution in [-0.4, -0.2) is 30.0 Å². The number of rotatable bonds is 3. The summed E-state index contributed by atoms with van der Waals surface area (Å²) in [5.74, 6) is -0.245. The lowest BCUT2D eigenvalue weighted by molar-refractivity contribution is -0.120. The molecule has 0 aromatic rings. The molecule has 3 nitrogen and oxygen atoms in total. The zero-order chi connectivity index (χ0) is 7.28. The van der Waals surface area contributed by atoms with Gasteiger partial charge in [0.25, 0.3) is 0 Å². The van der Waals surface area contributed by atoms with Crippen molar-refractivity contribution in [2.45, 2.75) is 11.8 Å². The predicted octanol–water partition coefficient (Wildman–Crippen LogP) is -0.278. The first kappa shape index (κ1) is 8.72. The Kier molecular flexibility index (Phi) is 4.44. The maximum atomic E-state index is 10.5. The van der Waals surface area contributed by atoms with Crippen LogP contribution in [0.25, 0.3) is 0 Å². The number of hydrogen-bond acceptors (Lipinski definition) is 2. The van der Waals surface area contributed by atoms with Crippen LogP contribution >= 0.6 is 11.6 Å². The zero-order valence-electron chi connectivity index (χ0n) is 5.22. The van der Waals surface area contributed by atoms with Crippen LogP contribution in [0.15, 0.2) is 0 Å². The molecule has 0 aromatic carbocycles. The first-order chi connectivity index (χ1) is 4.22. The van der Waals surface area contributed by atoms with E-state index in [1.807, 2.05) is 0 Å². The summed E-state index contributed by atoms with van der Waals surface area (Å²) in [6.45, 7) is -0.0540. The van der Waals surface area contributed by atoms with E-state index in [9.17, 15) is 4.79 Å². The summed E-state index contributed by atoms with van der Waals surface area (Å²) in [5, 5.41) is 10.1. The Hall–Kier alpha value is -0.280. The first-order valence-corrected chi connectivity index (χ1v) is 3.12. The highest BCUT2D eigenvalue weighted by molar-refractivity contribution is 6.30. The third kappa shape index (κ3) is 3.32. The molecule has 0 heterocycles. The minimum Gasteiger partial charge on any atom is -0.396 e. The highest BCUT2D eigenvalue weighted by Crippen LogP contribution is 1.99. The molecule has 0 saturated carbocycles. The normalized spacial score (nSPS) is 12.8. The molecule has 1 unspecified atom stereocenters. The van der Waals surface area contributed by atoms with Gasteiger partial charge >= 0.3 is 0 Å². The third-order valence-corrected chi connectivity index (χ3v) is 1.33. The van der Waals surface area contributed by atoms with Crippen LogP contribution in [-0.2, 0) is 4.79 Å². The van der Waals surface area contributed by atoms with Crippen molar-refractivity contribution in [1.29, 1.82) is 0 Å². The van der Waals surface area contributed by atoms with Gasteiger partial charge in [-0.15, -0.1) is 11.6 Å². The van der Waals surface area contributed by atoms with E-state index in [1.54, 1.807) is 0 Å². The molecule has 1 atom stereocenters. The monoisotopic (exact) mass is 151 g/mol. The highest BCUT2D eigenvalue weighted by Gasteiger charge is 2.11. The molecule has 4 heteroatoms. The molecule has 0 fully saturated rings. The summed E-state index contributed by atoms with van der Waals surface area (Å²) in [6, 6.07) is 0. The first-order valence-electron chi connectivity index (χ1n) is 2.69. The number of alkyl halides is 1. The van der Waals surface area contributed by atoms with E-state index in [1.165, 1.54) is 7.05 Å². The van der Waals surface area contributed by atoms with E-state index in [2.05, 4.69) is 5.32 Å². The van der Waals surface area contributed by atoms with Crippen LogP contribution in [0.1, 0.15) is 6.42 Å². The minimum atomic E-state index is -0.597. The van der Waals surface area contributed by atoms with E-state index in [0.717, 1.165) is 0 Å². The van der Waals surface area contributed by atoms with Crippen molar-refractivity contribution in [1.82, 2.24) is 5.32 Å². The van der Waals surface area contributed by atoms with Crippen LogP contribution in [0.2, 0.25) is 0 Å². The molecular formula is C5H10ClNO2. The summed E-state index contributed by atoms with van der Waals surface area (Å²) < 4.78 is 0. The molecule has 0 saturated heterocycles. The van der Waals surface area contributed by atoms with Gasteiger partial charge < -0.3 is 10.4 Å². The molecule has 0 rings (SSSR count). The molecule has 1 amide bonds. The lowest BCUT2D eigenvalue weighted by Gasteiger charge is -2.03. The van der Waals surface area contributed by atoms with Gasteiger partial charge in [-0.1, -0.05) is 0 Å². The Morgan fingerprint density at radius 1 is 1.89 bits per heavy atom. The lowest BCUT2D eigenvalue weighted by Crippen LogP contribution is -2.28. The standard InChI is InChI=1S/C5H10ClNO2/c1-7-5(9)4(6)2-3-8/h4,8H,2-3H2,1H3,(H,7,9). The molecule has 54 valence electrons. The summed E-state index contributed by atoms with van der Waals surface area (Å²) in [4.78, 5) is 10.5. The van der Waals surface area contributed by atoms with Gasteiger partial charge in [0.2, 0.25) is 5.91 Å². The SMILES string of the molecule is CNC(=O)C(Cl)CCO. The van der Waals surface area contributed by atoms with Crippen molar-refractivity contribution in [2.75, 3.05) is 13.7 Å². The number of amides is 1. The van der Waals surface area contributed by atoms with Gasteiger partial charge in [-0.25, -0.2) is 0 Å². The van der Waals surface area contributed by atoms with Crippen molar-refractivity contribution < 1.29 is 9.90 Å². The molecule has 0 aliphatic rings. The van der Waals surface area contributed by atoms with Crippen molar-refractivity contribution in [3.05, 3.63) is 0 Å². The minimum absolute atomic E-state index is 0.0540. The second-order valence-electron chi connectivity index (χ2n) is 1.59. The van der Waals surface area contributed by atoms with Crippen molar-refractivity contribution in [3.63, 3.8) is 0 Å². The summed E-state index contributed by atoms with van der Waals surface area (Å²) in [7, 11) is 1.51. The Labute approximate surface area is 59.0 Å². The molecule has 0 aromatic heterocycles. The number of carbonyl (C=O) groups excluding carboxylic acids is 1. The zero-order valence-corrected chi connectivity index (χ0v) is 5.98. The number of aliphatic hydroxyl groups is 1. The quantitative estimate of drug-likeness (QED) is 0.546. The Morgan fingerprint density at radius 2 is 2.44 bits per heavy atom. The molecular weight excluding hydrogens is 142 g/mol. The largest absolute Gasteiger partial charge is 0.396 e. The van der Waals surface area contributed by atoms with Gasteiger partial charge in [-0.05, 0) is 6.42 Å². The molecule has 0 radical (unpaired) electrons.